The molecule has 5 aromatic rings. The summed E-state index contributed by atoms with van der Waals surface area (Å²) in [7, 11) is 2.00. The van der Waals surface area contributed by atoms with Gasteiger partial charge in [-0.05, 0) is 73.0 Å². The lowest BCUT2D eigenvalue weighted by Gasteiger charge is -2.22. The van der Waals surface area contributed by atoms with Crippen molar-refractivity contribution in [1.82, 2.24) is 9.55 Å². The molecule has 5 nitrogen and oxygen atoms in total. The molecule has 2 heterocycles. The lowest BCUT2D eigenvalue weighted by atomic mass is 10.0. The lowest BCUT2D eigenvalue weighted by Crippen LogP contribution is -2.14. The van der Waals surface area contributed by atoms with E-state index in [1.54, 1.807) is 0 Å². The lowest BCUT2D eigenvalue weighted by molar-refractivity contribution is 1.03. The maximum atomic E-state index is 9.47. The summed E-state index contributed by atoms with van der Waals surface area (Å²) in [6.07, 6.45) is 10.0. The van der Waals surface area contributed by atoms with Gasteiger partial charge in [0.2, 0.25) is 0 Å². The summed E-state index contributed by atoms with van der Waals surface area (Å²) in [4.78, 5) is 7.14. The number of rotatable bonds is 7. The molecule has 184 valence electrons. The third-order valence-electron chi connectivity index (χ3n) is 6.62. The normalized spacial score (nSPS) is 11.4. The second kappa shape index (κ2) is 10.9. The zero-order valence-electron chi connectivity index (χ0n) is 21.5. The number of fused-ring (bicyclic) bond motifs is 3. The molecule has 2 aromatic heterocycles. The standard InChI is InChI=1S/C33H27N5/c1-3-4-5-6-7-11-26-20-24(22-34)16-18-29(26)37(2)32-14-10-15-33(36-32)38-30-13-9-8-12-27(30)28-21-25(23-35)17-19-31(28)38/h4-10,12-21H,3,11H2,1-2H3/b5-4-,7-6-. The molecular formula is C33H27N5. The second-order valence-electron chi connectivity index (χ2n) is 9.03. The molecule has 0 atom stereocenters. The average molecular weight is 494 g/mol. The minimum atomic E-state index is 0.634. The van der Waals surface area contributed by atoms with Gasteiger partial charge in [0.25, 0.3) is 0 Å². The van der Waals surface area contributed by atoms with Crippen LogP contribution in [-0.2, 0) is 6.42 Å². The Labute approximate surface area is 222 Å². The molecule has 5 heteroatoms. The summed E-state index contributed by atoms with van der Waals surface area (Å²) in [6.45, 7) is 2.11. The van der Waals surface area contributed by atoms with Crippen molar-refractivity contribution in [2.45, 2.75) is 19.8 Å². The molecule has 0 N–H and O–H groups in total. The van der Waals surface area contributed by atoms with Crippen molar-refractivity contribution in [3.05, 3.63) is 120 Å². The summed E-state index contributed by atoms with van der Waals surface area (Å²) in [6, 6.07) is 30.3. The van der Waals surface area contributed by atoms with Crippen molar-refractivity contribution >= 4 is 33.3 Å². The Morgan fingerprint density at radius 3 is 2.37 bits per heavy atom. The van der Waals surface area contributed by atoms with Crippen molar-refractivity contribution in [2.24, 2.45) is 0 Å². The number of hydrogen-bond donors (Lipinski definition) is 0. The Balaban J connectivity index is 1.59. The van der Waals surface area contributed by atoms with Crippen LogP contribution in [0, 0.1) is 22.7 Å². The SMILES string of the molecule is CC/C=C\C=C/Cc1cc(C#N)ccc1N(C)c1cccc(-n2c3ccccc3c3cc(C#N)ccc32)n1. The van der Waals surface area contributed by atoms with Gasteiger partial charge < -0.3 is 4.90 Å². The van der Waals surface area contributed by atoms with Crippen LogP contribution in [0.2, 0.25) is 0 Å². The van der Waals surface area contributed by atoms with Crippen molar-refractivity contribution in [1.29, 1.82) is 10.5 Å². The minimum Gasteiger partial charge on any atom is -0.329 e. The van der Waals surface area contributed by atoms with Gasteiger partial charge in [-0.1, -0.05) is 55.5 Å². The molecule has 0 fully saturated rings. The summed E-state index contributed by atoms with van der Waals surface area (Å²) >= 11 is 0. The number of allylic oxidation sites excluding steroid dienone is 4. The van der Waals surface area contributed by atoms with Crippen LogP contribution in [0.3, 0.4) is 0 Å². The van der Waals surface area contributed by atoms with Crippen molar-refractivity contribution in [2.75, 3.05) is 11.9 Å². The van der Waals surface area contributed by atoms with Crippen molar-refractivity contribution in [3.63, 3.8) is 0 Å². The monoisotopic (exact) mass is 493 g/mol. The van der Waals surface area contributed by atoms with Crippen LogP contribution in [0.15, 0.2) is 103 Å². The fraction of sp³-hybridized carbons (Fsp3) is 0.121. The zero-order chi connectivity index (χ0) is 26.5. The van der Waals surface area contributed by atoms with E-state index < -0.39 is 0 Å². The fourth-order valence-electron chi connectivity index (χ4n) is 4.77. The first-order chi connectivity index (χ1) is 18.6. The van der Waals surface area contributed by atoms with Gasteiger partial charge in [0.15, 0.2) is 0 Å². The molecule has 0 aliphatic carbocycles. The van der Waals surface area contributed by atoms with E-state index in [4.69, 9.17) is 4.98 Å². The highest BCUT2D eigenvalue weighted by atomic mass is 15.2. The number of pyridine rings is 1. The van der Waals surface area contributed by atoms with Crippen LogP contribution in [0.1, 0.15) is 30.0 Å². The van der Waals surface area contributed by atoms with Gasteiger partial charge in [0, 0.05) is 23.5 Å². The molecule has 0 saturated carbocycles. The number of aromatic nitrogens is 2. The third kappa shape index (κ3) is 4.66. The quantitative estimate of drug-likeness (QED) is 0.217. The van der Waals surface area contributed by atoms with Gasteiger partial charge in [-0.3, -0.25) is 4.57 Å². The summed E-state index contributed by atoms with van der Waals surface area (Å²) in [5.41, 5.74) is 5.36. The van der Waals surface area contributed by atoms with E-state index in [1.165, 1.54) is 0 Å². The molecule has 5 rings (SSSR count). The van der Waals surface area contributed by atoms with Gasteiger partial charge in [0.05, 0.1) is 34.3 Å². The van der Waals surface area contributed by atoms with Gasteiger partial charge in [-0.2, -0.15) is 10.5 Å². The highest BCUT2D eigenvalue weighted by Crippen LogP contribution is 2.33. The fourth-order valence-corrected chi connectivity index (χ4v) is 4.77. The predicted octanol–water partition coefficient (Wildman–Crippen LogP) is 7.75. The number of hydrogen-bond acceptors (Lipinski definition) is 4. The average Bonchev–Trinajstić information content (AvgIpc) is 3.30. The molecule has 0 amide bonds. The highest BCUT2D eigenvalue weighted by molar-refractivity contribution is 6.09. The topological polar surface area (TPSA) is 68.6 Å². The van der Waals surface area contributed by atoms with E-state index >= 15 is 0 Å². The Morgan fingerprint density at radius 1 is 0.816 bits per heavy atom. The Bertz CT molecular complexity index is 1780. The van der Waals surface area contributed by atoms with E-state index in [1.807, 2.05) is 85.9 Å². The predicted molar refractivity (Wildman–Crippen MR) is 155 cm³/mol. The van der Waals surface area contributed by atoms with Crippen LogP contribution >= 0.6 is 0 Å². The van der Waals surface area contributed by atoms with Crippen molar-refractivity contribution in [3.8, 4) is 18.0 Å². The summed E-state index contributed by atoms with van der Waals surface area (Å²) < 4.78 is 2.14. The molecule has 0 unspecified atom stereocenters. The number of nitrogens with zero attached hydrogens (tertiary/aromatic N) is 5. The minimum absolute atomic E-state index is 0.634. The zero-order valence-corrected chi connectivity index (χ0v) is 21.5. The van der Waals surface area contributed by atoms with Gasteiger partial charge in [-0.25, -0.2) is 4.98 Å². The van der Waals surface area contributed by atoms with E-state index in [2.05, 4.69) is 52.8 Å². The molecule has 0 spiro atoms. The molecule has 0 bridgehead atoms. The van der Waals surface area contributed by atoms with Crippen LogP contribution in [-0.4, -0.2) is 16.6 Å². The van der Waals surface area contributed by atoms with E-state index in [-0.39, 0.29) is 0 Å². The summed E-state index contributed by atoms with van der Waals surface area (Å²) in [5, 5.41) is 21.0. The second-order valence-corrected chi connectivity index (χ2v) is 9.03. The van der Waals surface area contributed by atoms with E-state index in [0.29, 0.717) is 17.5 Å². The smallest absolute Gasteiger partial charge is 0.140 e. The Kier molecular flexibility index (Phi) is 7.02. The summed E-state index contributed by atoms with van der Waals surface area (Å²) in [5.74, 6) is 1.59. The molecule has 38 heavy (non-hydrogen) atoms. The Hall–Kier alpha value is -5.13. The van der Waals surface area contributed by atoms with Gasteiger partial charge >= 0.3 is 0 Å². The molecule has 0 radical (unpaired) electrons. The first-order valence-electron chi connectivity index (χ1n) is 12.6. The number of benzene rings is 3. The van der Waals surface area contributed by atoms with E-state index in [9.17, 15) is 10.5 Å². The number of nitriles is 2. The largest absolute Gasteiger partial charge is 0.329 e. The van der Waals surface area contributed by atoms with E-state index in [0.717, 1.165) is 51.1 Å². The Morgan fingerprint density at radius 2 is 1.55 bits per heavy atom. The molecule has 0 saturated heterocycles. The van der Waals surface area contributed by atoms with Crippen LogP contribution < -0.4 is 4.90 Å². The molecular weight excluding hydrogens is 466 g/mol. The van der Waals surface area contributed by atoms with Crippen LogP contribution in [0.5, 0.6) is 0 Å². The molecule has 0 aliphatic heterocycles. The molecule has 0 aliphatic rings. The first kappa shape index (κ1) is 24.6. The number of anilines is 2. The highest BCUT2D eigenvalue weighted by Gasteiger charge is 2.16. The van der Waals surface area contributed by atoms with Crippen LogP contribution in [0.4, 0.5) is 11.5 Å². The maximum absolute atomic E-state index is 9.47. The third-order valence-corrected chi connectivity index (χ3v) is 6.62. The van der Waals surface area contributed by atoms with Crippen molar-refractivity contribution < 1.29 is 0 Å². The molecule has 3 aromatic carbocycles. The van der Waals surface area contributed by atoms with Gasteiger partial charge in [0.1, 0.15) is 11.6 Å². The van der Waals surface area contributed by atoms with Crippen LogP contribution in [0.25, 0.3) is 27.6 Å². The number of para-hydroxylation sites is 1. The first-order valence-corrected chi connectivity index (χ1v) is 12.6. The van der Waals surface area contributed by atoms with Gasteiger partial charge in [-0.15, -0.1) is 0 Å². The maximum Gasteiger partial charge on any atom is 0.140 e.